The minimum Gasteiger partial charge on any atom is -0.493 e. The van der Waals surface area contributed by atoms with Crippen LogP contribution in [0.5, 0.6) is 23.0 Å². The molecule has 1 heterocycles. The molecule has 1 aliphatic rings. The smallest absolute Gasteiger partial charge is 0.349 e. The predicted octanol–water partition coefficient (Wildman–Crippen LogP) is 4.23. The van der Waals surface area contributed by atoms with E-state index < -0.39 is 18.2 Å². The molecule has 6 nitrogen and oxygen atoms in total. The number of hydrogen-bond donors (Lipinski definition) is 1. The summed E-state index contributed by atoms with van der Waals surface area (Å²) in [7, 11) is 1.57. The highest BCUT2D eigenvalue weighted by Crippen LogP contribution is 2.41. The Hall–Kier alpha value is -2.89. The highest BCUT2D eigenvalue weighted by Gasteiger charge is 2.38. The topological polar surface area (TPSA) is 74.2 Å². The molecule has 3 rings (SSSR count). The van der Waals surface area contributed by atoms with Crippen molar-refractivity contribution in [1.82, 2.24) is 0 Å². The maximum Gasteiger partial charge on any atom is 0.349 e. The maximum absolute atomic E-state index is 11.7. The fraction of sp³-hybridized carbons (Fsp3) is 0.381. The van der Waals surface area contributed by atoms with Crippen LogP contribution in [0.4, 0.5) is 0 Å². The van der Waals surface area contributed by atoms with E-state index in [1.54, 1.807) is 43.5 Å². The van der Waals surface area contributed by atoms with Crippen LogP contribution in [0, 0.1) is 0 Å². The fourth-order valence-corrected chi connectivity index (χ4v) is 2.98. The van der Waals surface area contributed by atoms with Crippen molar-refractivity contribution >= 4 is 5.97 Å². The molecule has 0 aliphatic carbocycles. The third kappa shape index (κ3) is 4.27. The summed E-state index contributed by atoms with van der Waals surface area (Å²) in [5, 5.41) is 9.61. The lowest BCUT2D eigenvalue weighted by Gasteiger charge is -2.32. The predicted molar refractivity (Wildman–Crippen MR) is 99.9 cm³/mol. The van der Waals surface area contributed by atoms with Crippen LogP contribution in [0.3, 0.4) is 0 Å². The van der Waals surface area contributed by atoms with Gasteiger partial charge in [0.1, 0.15) is 0 Å². The first-order valence-corrected chi connectivity index (χ1v) is 9.10. The molecule has 0 fully saturated rings. The Kier molecular flexibility index (Phi) is 6.06. The number of carboxylic acids is 1. The third-order valence-electron chi connectivity index (χ3n) is 4.40. The van der Waals surface area contributed by atoms with Crippen LogP contribution in [-0.4, -0.2) is 30.9 Å². The van der Waals surface area contributed by atoms with E-state index in [1.807, 2.05) is 6.07 Å². The van der Waals surface area contributed by atoms with Gasteiger partial charge in [0.05, 0.1) is 13.7 Å². The van der Waals surface area contributed by atoms with Gasteiger partial charge >= 0.3 is 5.97 Å². The van der Waals surface area contributed by atoms with Gasteiger partial charge in [-0.05, 0) is 30.7 Å². The molecule has 0 saturated carbocycles. The number of aliphatic carboxylic acids is 1. The highest BCUT2D eigenvalue weighted by molar-refractivity contribution is 5.75. The van der Waals surface area contributed by atoms with Crippen molar-refractivity contribution in [1.29, 1.82) is 0 Å². The van der Waals surface area contributed by atoms with Crippen molar-refractivity contribution in [2.24, 2.45) is 0 Å². The zero-order chi connectivity index (χ0) is 19.2. The van der Waals surface area contributed by atoms with E-state index in [4.69, 9.17) is 18.9 Å². The molecule has 2 atom stereocenters. The fourth-order valence-electron chi connectivity index (χ4n) is 2.98. The van der Waals surface area contributed by atoms with Crippen LogP contribution >= 0.6 is 0 Å². The van der Waals surface area contributed by atoms with E-state index in [-0.39, 0.29) is 0 Å². The van der Waals surface area contributed by atoms with Gasteiger partial charge < -0.3 is 24.1 Å². The third-order valence-corrected chi connectivity index (χ3v) is 4.40. The SMILES string of the molecule is CCCCCOc1cc(C2Oc3ccccc3OC2C(=O)O)ccc1OC. The molecule has 144 valence electrons. The Morgan fingerprint density at radius 2 is 1.81 bits per heavy atom. The summed E-state index contributed by atoms with van der Waals surface area (Å²) in [4.78, 5) is 11.7. The molecule has 0 amide bonds. The summed E-state index contributed by atoms with van der Waals surface area (Å²) in [5.41, 5.74) is 0.656. The molecule has 2 unspecified atom stereocenters. The number of methoxy groups -OCH3 is 1. The summed E-state index contributed by atoms with van der Waals surface area (Å²) >= 11 is 0. The molecule has 1 aliphatic heterocycles. The number of hydrogen-bond acceptors (Lipinski definition) is 5. The van der Waals surface area contributed by atoms with Crippen molar-refractivity contribution in [2.75, 3.05) is 13.7 Å². The van der Waals surface area contributed by atoms with Crippen molar-refractivity contribution in [3.8, 4) is 23.0 Å². The Balaban J connectivity index is 1.88. The average Bonchev–Trinajstić information content (AvgIpc) is 2.70. The summed E-state index contributed by atoms with van der Waals surface area (Å²) in [6.07, 6.45) is 1.19. The van der Waals surface area contributed by atoms with Crippen LogP contribution in [0.2, 0.25) is 0 Å². The normalized spacial score (nSPS) is 18.0. The zero-order valence-electron chi connectivity index (χ0n) is 15.5. The van der Waals surface area contributed by atoms with Crippen LogP contribution in [-0.2, 0) is 4.79 Å². The van der Waals surface area contributed by atoms with Gasteiger partial charge in [0.15, 0.2) is 29.1 Å². The molecule has 0 spiro atoms. The number of unbranched alkanes of at least 4 members (excludes halogenated alkanes) is 2. The lowest BCUT2D eigenvalue weighted by molar-refractivity contribution is -0.151. The van der Waals surface area contributed by atoms with Gasteiger partial charge in [-0.25, -0.2) is 4.79 Å². The summed E-state index contributed by atoms with van der Waals surface area (Å²) < 4.78 is 22.9. The number of fused-ring (bicyclic) bond motifs is 1. The Morgan fingerprint density at radius 3 is 2.48 bits per heavy atom. The molecule has 6 heteroatoms. The Morgan fingerprint density at radius 1 is 1.07 bits per heavy atom. The van der Waals surface area contributed by atoms with Crippen LogP contribution in [0.25, 0.3) is 0 Å². The molecule has 0 radical (unpaired) electrons. The molecular formula is C21H24O6. The molecule has 0 bridgehead atoms. The second-order valence-electron chi connectivity index (χ2n) is 6.33. The van der Waals surface area contributed by atoms with Gasteiger partial charge in [0, 0.05) is 5.56 Å². The van der Waals surface area contributed by atoms with E-state index in [1.165, 1.54) is 0 Å². The van der Waals surface area contributed by atoms with E-state index in [0.29, 0.717) is 35.2 Å². The maximum atomic E-state index is 11.7. The first-order valence-electron chi connectivity index (χ1n) is 9.10. The quantitative estimate of drug-likeness (QED) is 0.699. The van der Waals surface area contributed by atoms with Crippen LogP contribution in [0.1, 0.15) is 37.9 Å². The summed E-state index contributed by atoms with van der Waals surface area (Å²) in [5.74, 6) is 1.01. The Bertz CT molecular complexity index is 788. The zero-order valence-corrected chi connectivity index (χ0v) is 15.5. The largest absolute Gasteiger partial charge is 0.493 e. The number of carboxylic acid groups (broad SMARTS) is 1. The summed E-state index contributed by atoms with van der Waals surface area (Å²) in [6, 6.07) is 12.3. The molecule has 0 aromatic heterocycles. The average molecular weight is 372 g/mol. The van der Waals surface area contributed by atoms with Crippen molar-refractivity contribution in [3.63, 3.8) is 0 Å². The molecule has 2 aromatic rings. The number of benzene rings is 2. The van der Waals surface area contributed by atoms with Crippen molar-refractivity contribution < 1.29 is 28.8 Å². The first-order chi connectivity index (χ1) is 13.1. The number of carbonyl (C=O) groups is 1. The van der Waals surface area contributed by atoms with Crippen molar-refractivity contribution in [3.05, 3.63) is 48.0 Å². The van der Waals surface area contributed by atoms with Gasteiger partial charge in [-0.2, -0.15) is 0 Å². The number of ether oxygens (including phenoxy) is 4. The lowest BCUT2D eigenvalue weighted by Crippen LogP contribution is -2.39. The van der Waals surface area contributed by atoms with Gasteiger partial charge in [0.25, 0.3) is 0 Å². The standard InChI is InChI=1S/C21H24O6/c1-3-4-7-12-25-18-13-14(10-11-15(18)24-2)19-20(21(22)23)27-17-9-6-5-8-16(17)26-19/h5-6,8-11,13,19-20H,3-4,7,12H2,1-2H3,(H,22,23). The van der Waals surface area contributed by atoms with Crippen molar-refractivity contribution in [2.45, 2.75) is 38.4 Å². The summed E-state index contributed by atoms with van der Waals surface area (Å²) in [6.45, 7) is 2.70. The van der Waals surface area contributed by atoms with Crippen LogP contribution < -0.4 is 18.9 Å². The van der Waals surface area contributed by atoms with Gasteiger partial charge in [-0.15, -0.1) is 0 Å². The second kappa shape index (κ2) is 8.66. The van der Waals surface area contributed by atoms with E-state index in [0.717, 1.165) is 19.3 Å². The molecule has 0 saturated heterocycles. The van der Waals surface area contributed by atoms with Gasteiger partial charge in [-0.1, -0.05) is 38.0 Å². The van der Waals surface area contributed by atoms with E-state index in [9.17, 15) is 9.90 Å². The lowest BCUT2D eigenvalue weighted by atomic mass is 10.0. The molecule has 2 aromatic carbocycles. The van der Waals surface area contributed by atoms with Gasteiger partial charge in [-0.3, -0.25) is 0 Å². The molecule has 27 heavy (non-hydrogen) atoms. The Labute approximate surface area is 158 Å². The minimum atomic E-state index is -1.15. The van der Waals surface area contributed by atoms with E-state index >= 15 is 0 Å². The second-order valence-corrected chi connectivity index (χ2v) is 6.33. The highest BCUT2D eigenvalue weighted by atomic mass is 16.6. The molecule has 1 N–H and O–H groups in total. The number of para-hydroxylation sites is 2. The van der Waals surface area contributed by atoms with E-state index in [2.05, 4.69) is 6.92 Å². The minimum absolute atomic E-state index is 0.422. The van der Waals surface area contributed by atoms with Crippen LogP contribution in [0.15, 0.2) is 42.5 Å². The molecular weight excluding hydrogens is 348 g/mol. The van der Waals surface area contributed by atoms with Gasteiger partial charge in [0.2, 0.25) is 6.10 Å². The first kappa shape index (κ1) is 18.9. The monoisotopic (exact) mass is 372 g/mol. The number of rotatable bonds is 8.